The Morgan fingerprint density at radius 3 is 2.54 bits per heavy atom. The zero-order valence-electron chi connectivity index (χ0n) is 7.45. The van der Waals surface area contributed by atoms with Gasteiger partial charge in [0.15, 0.2) is 7.49 Å². The Bertz CT molecular complexity index is 365. The molecule has 0 saturated heterocycles. The molecule has 0 aliphatic rings. The molecule has 0 aliphatic carbocycles. The highest BCUT2D eigenvalue weighted by Crippen LogP contribution is 2.45. The molecule has 0 amide bonds. The Hall–Kier alpha value is -0.610. The Balaban J connectivity index is 3.35. The van der Waals surface area contributed by atoms with Crippen LogP contribution in [0.4, 0.5) is 0 Å². The van der Waals surface area contributed by atoms with Crippen molar-refractivity contribution in [1.29, 1.82) is 5.26 Å². The Morgan fingerprint density at radius 2 is 2.08 bits per heavy atom. The SMILES string of the molecule is C[P+](C)(O)c1cc(Cl)ccc1C#N. The van der Waals surface area contributed by atoms with Crippen LogP contribution in [0.25, 0.3) is 0 Å². The number of rotatable bonds is 1. The van der Waals surface area contributed by atoms with E-state index in [4.69, 9.17) is 16.9 Å². The molecule has 1 aromatic carbocycles. The smallest absolute Gasteiger partial charge is 0.169 e. The summed E-state index contributed by atoms with van der Waals surface area (Å²) >= 11 is 5.78. The van der Waals surface area contributed by atoms with E-state index in [9.17, 15) is 4.89 Å². The van der Waals surface area contributed by atoms with Gasteiger partial charge in [0.05, 0.1) is 18.9 Å². The fraction of sp³-hybridized carbons (Fsp3) is 0.222. The fourth-order valence-electron chi connectivity index (χ4n) is 1.05. The molecule has 0 heterocycles. The average molecular weight is 215 g/mol. The van der Waals surface area contributed by atoms with Crippen molar-refractivity contribution in [2.24, 2.45) is 0 Å². The third-order valence-electron chi connectivity index (χ3n) is 1.67. The van der Waals surface area contributed by atoms with Crippen LogP contribution in [0.2, 0.25) is 5.02 Å². The molecule has 0 radical (unpaired) electrons. The largest absolute Gasteiger partial charge is 0.247 e. The first-order valence-electron chi connectivity index (χ1n) is 3.72. The molecule has 2 nitrogen and oxygen atoms in total. The van der Waals surface area contributed by atoms with Crippen molar-refractivity contribution >= 4 is 24.4 Å². The van der Waals surface area contributed by atoms with E-state index in [1.165, 1.54) is 0 Å². The van der Waals surface area contributed by atoms with E-state index in [0.717, 1.165) is 0 Å². The van der Waals surface area contributed by atoms with Crippen LogP contribution in [0.1, 0.15) is 5.56 Å². The molecule has 0 bridgehead atoms. The predicted molar refractivity (Wildman–Crippen MR) is 56.8 cm³/mol. The standard InChI is InChI=1S/C9H10ClNOP/c1-13(2,12)9-5-8(10)4-3-7(9)6-11/h3-5,12H,1-2H3/q+1. The minimum absolute atomic E-state index is 0.505. The lowest BCUT2D eigenvalue weighted by molar-refractivity contribution is 0.624. The van der Waals surface area contributed by atoms with Crippen LogP contribution in [0.3, 0.4) is 0 Å². The summed E-state index contributed by atoms with van der Waals surface area (Å²) in [6, 6.07) is 6.99. The maximum Gasteiger partial charge on any atom is 0.169 e. The molecule has 0 unspecified atom stereocenters. The van der Waals surface area contributed by atoms with Gasteiger partial charge in [-0.3, -0.25) is 0 Å². The third-order valence-corrected chi connectivity index (χ3v) is 3.45. The van der Waals surface area contributed by atoms with E-state index in [0.29, 0.717) is 15.9 Å². The van der Waals surface area contributed by atoms with Gasteiger partial charge >= 0.3 is 0 Å². The number of nitriles is 1. The Labute approximate surface area is 83.2 Å². The number of hydrogen-bond donors (Lipinski definition) is 1. The van der Waals surface area contributed by atoms with Crippen molar-refractivity contribution < 1.29 is 4.89 Å². The Kier molecular flexibility index (Phi) is 2.93. The van der Waals surface area contributed by atoms with Crippen molar-refractivity contribution in [1.82, 2.24) is 0 Å². The number of benzene rings is 1. The van der Waals surface area contributed by atoms with Gasteiger partial charge in [-0.1, -0.05) is 11.6 Å². The van der Waals surface area contributed by atoms with Crippen molar-refractivity contribution in [2.75, 3.05) is 13.3 Å². The van der Waals surface area contributed by atoms with Crippen molar-refractivity contribution in [2.45, 2.75) is 0 Å². The van der Waals surface area contributed by atoms with Gasteiger partial charge in [0.2, 0.25) is 0 Å². The minimum atomic E-state index is -2.16. The van der Waals surface area contributed by atoms with Gasteiger partial charge in [0.1, 0.15) is 11.4 Å². The molecule has 0 spiro atoms. The van der Waals surface area contributed by atoms with E-state index < -0.39 is 7.49 Å². The van der Waals surface area contributed by atoms with Crippen molar-refractivity contribution in [3.63, 3.8) is 0 Å². The molecule has 0 fully saturated rings. The third kappa shape index (κ3) is 2.42. The molecule has 68 valence electrons. The van der Waals surface area contributed by atoms with Gasteiger partial charge in [-0.15, -0.1) is 0 Å². The summed E-state index contributed by atoms with van der Waals surface area (Å²) in [5.74, 6) is 0. The van der Waals surface area contributed by atoms with Gasteiger partial charge < -0.3 is 0 Å². The van der Waals surface area contributed by atoms with Crippen LogP contribution in [-0.4, -0.2) is 18.2 Å². The summed E-state index contributed by atoms with van der Waals surface area (Å²) in [7, 11) is -2.16. The second kappa shape index (κ2) is 3.64. The zero-order valence-corrected chi connectivity index (χ0v) is 9.10. The molecule has 0 saturated carbocycles. The number of halogens is 1. The van der Waals surface area contributed by atoms with Gasteiger partial charge in [-0.25, -0.2) is 4.89 Å². The first-order chi connectivity index (χ1) is 5.95. The van der Waals surface area contributed by atoms with Gasteiger partial charge in [0.25, 0.3) is 0 Å². The second-order valence-electron chi connectivity index (χ2n) is 3.17. The Morgan fingerprint density at radius 1 is 1.46 bits per heavy atom. The van der Waals surface area contributed by atoms with E-state index in [-0.39, 0.29) is 0 Å². The summed E-state index contributed by atoms with van der Waals surface area (Å²) in [6.07, 6.45) is 0. The van der Waals surface area contributed by atoms with E-state index in [1.54, 1.807) is 31.5 Å². The molecular weight excluding hydrogens is 205 g/mol. The second-order valence-corrected chi connectivity index (χ2v) is 6.87. The maximum absolute atomic E-state index is 9.83. The first kappa shape index (κ1) is 10.5. The van der Waals surface area contributed by atoms with Gasteiger partial charge in [-0.2, -0.15) is 5.26 Å². The minimum Gasteiger partial charge on any atom is -0.247 e. The molecule has 0 aromatic heterocycles. The van der Waals surface area contributed by atoms with E-state index in [1.807, 2.05) is 6.07 Å². The number of nitrogens with zero attached hydrogens (tertiary/aromatic N) is 1. The van der Waals surface area contributed by atoms with E-state index in [2.05, 4.69) is 0 Å². The quantitative estimate of drug-likeness (QED) is 0.727. The highest BCUT2D eigenvalue weighted by atomic mass is 35.5. The lowest BCUT2D eigenvalue weighted by Crippen LogP contribution is -2.12. The lowest BCUT2D eigenvalue weighted by atomic mass is 10.2. The van der Waals surface area contributed by atoms with Crippen LogP contribution in [-0.2, 0) is 0 Å². The highest BCUT2D eigenvalue weighted by molar-refractivity contribution is 7.76. The summed E-state index contributed by atoms with van der Waals surface area (Å²) in [5, 5.41) is 10.0. The summed E-state index contributed by atoms with van der Waals surface area (Å²) in [5.41, 5.74) is 0.505. The fourth-order valence-corrected chi connectivity index (χ4v) is 2.47. The summed E-state index contributed by atoms with van der Waals surface area (Å²) in [4.78, 5) is 9.83. The topological polar surface area (TPSA) is 44.0 Å². The maximum atomic E-state index is 9.83. The van der Waals surface area contributed by atoms with Crippen LogP contribution < -0.4 is 5.30 Å². The highest BCUT2D eigenvalue weighted by Gasteiger charge is 2.28. The first-order valence-corrected chi connectivity index (χ1v) is 6.73. The lowest BCUT2D eigenvalue weighted by Gasteiger charge is -2.10. The normalized spacial score (nSPS) is 11.0. The molecule has 0 atom stereocenters. The van der Waals surface area contributed by atoms with Crippen LogP contribution in [0.15, 0.2) is 18.2 Å². The van der Waals surface area contributed by atoms with Crippen molar-refractivity contribution in [3.8, 4) is 6.07 Å². The molecule has 4 heteroatoms. The molecule has 1 N–H and O–H groups in total. The van der Waals surface area contributed by atoms with Crippen LogP contribution >= 0.6 is 19.1 Å². The van der Waals surface area contributed by atoms with Gasteiger partial charge in [-0.05, 0) is 12.1 Å². The molecule has 0 aliphatic heterocycles. The van der Waals surface area contributed by atoms with E-state index >= 15 is 0 Å². The summed E-state index contributed by atoms with van der Waals surface area (Å²) < 4.78 is 0. The molecule has 13 heavy (non-hydrogen) atoms. The molecule has 1 aromatic rings. The van der Waals surface area contributed by atoms with Crippen LogP contribution in [0, 0.1) is 11.3 Å². The predicted octanol–water partition coefficient (Wildman–Crippen LogP) is 2.02. The average Bonchev–Trinajstić information content (AvgIpc) is 2.03. The van der Waals surface area contributed by atoms with Crippen molar-refractivity contribution in [3.05, 3.63) is 28.8 Å². The number of hydrogen-bond acceptors (Lipinski definition) is 2. The van der Waals surface area contributed by atoms with Crippen LogP contribution in [0.5, 0.6) is 0 Å². The van der Waals surface area contributed by atoms with Gasteiger partial charge in [0, 0.05) is 11.1 Å². The molecular formula is C9H10ClNOP+. The molecule has 1 rings (SSSR count). The monoisotopic (exact) mass is 214 g/mol. The zero-order chi connectivity index (χ0) is 10.1. The summed E-state index contributed by atoms with van der Waals surface area (Å²) in [6.45, 7) is 3.47.